The number of ether oxygens (including phenoxy) is 4. The fraction of sp³-hybridized carbons (Fsp3) is 0.254. The van der Waals surface area contributed by atoms with E-state index in [1.807, 2.05) is 100 Å². The molecule has 8 N–H and O–H groups in total. The number of nitrogens with zero attached hydrogens (tertiary/aromatic N) is 4. The third-order valence-electron chi connectivity index (χ3n) is 15.9. The predicted molar refractivity (Wildman–Crippen MR) is 383 cm³/mol. The van der Waals surface area contributed by atoms with E-state index in [0.717, 1.165) is 97.5 Å². The Kier molecular flexibility index (Phi) is 24.7. The SMILES string of the molecule is CCN(CCCC(=O)Oc1c(Cl)cc(S(=O)(=O)[O-])cc1Cl)c1cc(OC)c(-c2c3ccc(=[NH2+])cc-3oc3cc(N)ccc23)cc1C.CCN(CCCC(=O)[O-])c1cc(OC)c(-c2c3ccc(=[NH2+])cc-3oc3cc(N)ccc23)cc1C.CN(C)C(Oc1c(Cl)cc(S(=O)(=O)[O-])cc1Cl)=[N+](C)C. The Balaban J connectivity index is 0.000000206. The van der Waals surface area contributed by atoms with E-state index in [4.69, 9.17) is 96.5 Å². The van der Waals surface area contributed by atoms with E-state index in [1.54, 1.807) is 64.0 Å². The fourth-order valence-electron chi connectivity index (χ4n) is 11.3. The van der Waals surface area contributed by atoms with Crippen molar-refractivity contribution in [2.24, 2.45) is 0 Å². The first kappa shape index (κ1) is 76.4. The number of nitrogen functional groups attached to an aromatic ring is 2. The highest BCUT2D eigenvalue weighted by Gasteiger charge is 2.27. The summed E-state index contributed by atoms with van der Waals surface area (Å²) in [6, 6.07) is 34.8. The molecule has 0 saturated heterocycles. The van der Waals surface area contributed by atoms with Gasteiger partial charge in [0.1, 0.15) is 54.4 Å². The highest BCUT2D eigenvalue weighted by Crippen LogP contribution is 2.48. The van der Waals surface area contributed by atoms with Gasteiger partial charge in [0.05, 0.1) is 84.4 Å². The second-order valence-corrected chi connectivity index (χ2v) is 27.8. The Morgan fingerprint density at radius 3 is 1.30 bits per heavy atom. The zero-order valence-corrected chi connectivity index (χ0v) is 60.9. The molecular formula is C71H74Cl4N8O15S2. The molecule has 0 saturated carbocycles. The van der Waals surface area contributed by atoms with Crippen molar-refractivity contribution in [1.82, 2.24) is 4.90 Å². The molecule has 10 rings (SSSR count). The van der Waals surface area contributed by atoms with Crippen LogP contribution in [0, 0.1) is 13.8 Å². The molecule has 2 heterocycles. The number of carboxylic acid groups (broad SMARTS) is 1. The minimum atomic E-state index is -4.78. The van der Waals surface area contributed by atoms with Crippen LogP contribution in [0.25, 0.3) is 66.8 Å². The van der Waals surface area contributed by atoms with Crippen molar-refractivity contribution in [2.75, 3.05) is 89.9 Å². The molecule has 528 valence electrons. The van der Waals surface area contributed by atoms with Crippen LogP contribution < -0.4 is 66.9 Å². The van der Waals surface area contributed by atoms with Gasteiger partial charge in [0.25, 0.3) is 0 Å². The van der Waals surface area contributed by atoms with Crippen LogP contribution in [-0.2, 0) is 29.8 Å². The number of carbonyl (C=O) groups is 2. The lowest BCUT2D eigenvalue weighted by molar-refractivity contribution is -0.478. The Morgan fingerprint density at radius 1 is 0.560 bits per heavy atom. The first-order valence-electron chi connectivity index (χ1n) is 30.9. The number of nitrogens with two attached hydrogens (primary N) is 4. The third-order valence-corrected chi connectivity index (χ3v) is 18.6. The van der Waals surface area contributed by atoms with Crippen LogP contribution in [0.3, 0.4) is 0 Å². The minimum Gasteiger partial charge on any atom is -0.744 e. The maximum atomic E-state index is 12.6. The summed E-state index contributed by atoms with van der Waals surface area (Å²) in [5, 5.41) is 25.3. The number of fused-ring (bicyclic) bond motifs is 4. The highest BCUT2D eigenvalue weighted by molar-refractivity contribution is 7.86. The van der Waals surface area contributed by atoms with Crippen LogP contribution in [0.2, 0.25) is 20.1 Å². The minimum absolute atomic E-state index is 0.0246. The van der Waals surface area contributed by atoms with Crippen molar-refractivity contribution >= 4 is 129 Å². The number of anilines is 4. The number of aliphatic carboxylic acids is 1. The quantitative estimate of drug-likeness (QED) is 0.00809. The first-order chi connectivity index (χ1) is 47.1. The Morgan fingerprint density at radius 2 is 0.950 bits per heavy atom. The molecule has 0 unspecified atom stereocenters. The van der Waals surface area contributed by atoms with Crippen molar-refractivity contribution in [3.8, 4) is 67.9 Å². The number of carbonyl (C=O) groups excluding carboxylic acids is 2. The van der Waals surface area contributed by atoms with Gasteiger partial charge in [-0.1, -0.05) is 46.4 Å². The lowest BCUT2D eigenvalue weighted by Gasteiger charge is -2.27. The van der Waals surface area contributed by atoms with E-state index in [0.29, 0.717) is 94.8 Å². The smallest absolute Gasteiger partial charge is 0.450 e. The maximum Gasteiger partial charge on any atom is 0.450 e. The van der Waals surface area contributed by atoms with Crippen molar-refractivity contribution in [2.45, 2.75) is 63.2 Å². The zero-order chi connectivity index (χ0) is 73.4. The van der Waals surface area contributed by atoms with Gasteiger partial charge >= 0.3 is 12.0 Å². The summed E-state index contributed by atoms with van der Waals surface area (Å²) < 4.78 is 103. The van der Waals surface area contributed by atoms with Gasteiger partial charge in [0.15, 0.2) is 22.2 Å². The second-order valence-electron chi connectivity index (χ2n) is 23.4. The van der Waals surface area contributed by atoms with Gasteiger partial charge in [-0.25, -0.2) is 26.3 Å². The summed E-state index contributed by atoms with van der Waals surface area (Å²) in [5.41, 5.74) is 24.0. The second kappa shape index (κ2) is 32.3. The number of rotatable bonds is 20. The van der Waals surface area contributed by atoms with Crippen LogP contribution in [0.1, 0.15) is 50.7 Å². The monoisotopic (exact) mass is 1480 g/mol. The normalized spacial score (nSPS) is 11.4. The molecule has 0 aromatic heterocycles. The Hall–Kier alpha value is -9.31. The average Bonchev–Trinajstić information content (AvgIpc) is 0.751. The van der Waals surface area contributed by atoms with Crippen LogP contribution in [-0.4, -0.2) is 122 Å². The molecule has 0 bridgehead atoms. The van der Waals surface area contributed by atoms with Crippen molar-refractivity contribution in [1.29, 1.82) is 0 Å². The number of carboxylic acids is 1. The summed E-state index contributed by atoms with van der Waals surface area (Å²) in [7, 11) is 0.888. The van der Waals surface area contributed by atoms with Crippen LogP contribution in [0.5, 0.6) is 23.0 Å². The Bertz CT molecular complexity index is 5060. The molecular weight excluding hydrogens is 1410 g/mol. The number of methoxy groups -OCH3 is 2. The molecule has 6 aromatic rings. The van der Waals surface area contributed by atoms with E-state index in [-0.39, 0.29) is 44.4 Å². The van der Waals surface area contributed by atoms with Crippen LogP contribution in [0.15, 0.2) is 140 Å². The molecule has 29 heteroatoms. The van der Waals surface area contributed by atoms with Crippen LogP contribution in [0.4, 0.5) is 22.7 Å². The lowest BCUT2D eigenvalue weighted by atomic mass is 9.91. The molecule has 0 radical (unpaired) electrons. The van der Waals surface area contributed by atoms with E-state index >= 15 is 0 Å². The van der Waals surface area contributed by atoms with Crippen molar-refractivity contribution in [3.05, 3.63) is 163 Å². The molecule has 0 spiro atoms. The van der Waals surface area contributed by atoms with Crippen molar-refractivity contribution < 1.29 is 83.8 Å². The molecule has 0 atom stereocenters. The third kappa shape index (κ3) is 18.0. The van der Waals surface area contributed by atoms with E-state index < -0.39 is 42.0 Å². The predicted octanol–water partition coefficient (Wildman–Crippen LogP) is 8.77. The highest BCUT2D eigenvalue weighted by atomic mass is 35.5. The van der Waals surface area contributed by atoms with E-state index in [2.05, 4.69) is 21.9 Å². The van der Waals surface area contributed by atoms with Crippen LogP contribution >= 0.6 is 46.4 Å². The van der Waals surface area contributed by atoms with Gasteiger partial charge in [0, 0.05) is 142 Å². The van der Waals surface area contributed by atoms with Gasteiger partial charge in [-0.3, -0.25) is 15.6 Å². The molecule has 2 aliphatic carbocycles. The standard InChI is InChI=1S/C33H31Cl2N3O7S.C27H29N3O4.C11H14Cl2N2O4S/c1-4-38(11-5-6-31(39)45-33-25(34)15-21(16-26(33)35)46(40,41)42)27-17-28(43-3)24(12-18(27)2)32-22-9-7-19(36)13-29(22)44-30-14-20(37)8-10-23(30)32;1-4-30(11-5-6-26(31)32)22-15-23(33-3)21(12-16(22)2)27-19-9-7-17(28)13-24(19)34-25-14-18(29)8-10-20(25)27;1-14(2)11(15(3)4)19-10-8(12)5-7(6-9(10)13)20(16,17)18/h7-10,12-17,36H,4-6,11,37H2,1-3H3,(H,40,41,42);7-10,12-15,28H,4-6,11,29H2,1-3H3,(H,31,32);5-6H,1-4H3. The van der Waals surface area contributed by atoms with E-state index in [9.17, 15) is 40.6 Å². The van der Waals surface area contributed by atoms with Gasteiger partial charge in [-0.15, -0.1) is 0 Å². The topological polar surface area (TPSA) is 351 Å². The maximum absolute atomic E-state index is 12.6. The summed E-state index contributed by atoms with van der Waals surface area (Å²) >= 11 is 24.0. The van der Waals surface area contributed by atoms with E-state index in [1.165, 1.54) is 0 Å². The molecule has 23 nitrogen and oxygen atoms in total. The number of hydrogen-bond acceptors (Lipinski definition) is 19. The molecule has 0 fully saturated rings. The number of hydrogen-bond donors (Lipinski definition) is 4. The van der Waals surface area contributed by atoms with Gasteiger partial charge in [-0.2, -0.15) is 0 Å². The molecule has 4 aliphatic rings. The summed E-state index contributed by atoms with van der Waals surface area (Å²) in [6.07, 6.45) is 0.994. The molecule has 100 heavy (non-hydrogen) atoms. The van der Waals surface area contributed by atoms with Gasteiger partial charge in [-0.05, 0) is 131 Å². The Labute approximate surface area is 598 Å². The van der Waals surface area contributed by atoms with Crippen molar-refractivity contribution in [3.63, 3.8) is 0 Å². The molecule has 0 amide bonds. The summed E-state index contributed by atoms with van der Waals surface area (Å²) in [4.78, 5) is 28.4. The fourth-order valence-corrected chi connectivity index (χ4v) is 13.7. The summed E-state index contributed by atoms with van der Waals surface area (Å²) in [5.74, 6) is 0.867. The number of amidine groups is 1. The summed E-state index contributed by atoms with van der Waals surface area (Å²) in [6.45, 7) is 10.6. The number of benzene rings is 8. The largest absolute Gasteiger partial charge is 0.744 e. The zero-order valence-electron chi connectivity index (χ0n) is 56.3. The first-order valence-corrected chi connectivity index (χ1v) is 35.3. The molecule has 2 aliphatic heterocycles. The molecule has 6 aromatic carbocycles. The number of esters is 1. The lowest BCUT2D eigenvalue weighted by Crippen LogP contribution is -2.44. The van der Waals surface area contributed by atoms with Gasteiger partial charge < -0.3 is 68.1 Å². The van der Waals surface area contributed by atoms with Gasteiger partial charge in [0.2, 0.25) is 0 Å². The number of aryl methyl sites for hydroxylation is 2. The average molecular weight is 1490 g/mol. The number of halogens is 4.